The number of hydrogen-bond acceptors (Lipinski definition) is 4. The van der Waals surface area contributed by atoms with Crippen molar-refractivity contribution in [3.8, 4) is 11.1 Å². The Bertz CT molecular complexity index is 1360. The number of carbonyl (C=O) groups is 1. The molecule has 6 heteroatoms. The molecule has 2 unspecified atom stereocenters. The molecule has 4 aromatic carbocycles. The van der Waals surface area contributed by atoms with Gasteiger partial charge in [-0.3, -0.25) is 10.2 Å². The summed E-state index contributed by atoms with van der Waals surface area (Å²) in [5.74, 6) is -0.369. The van der Waals surface area contributed by atoms with Gasteiger partial charge in [0.1, 0.15) is 5.84 Å². The first kappa shape index (κ1) is 27.2. The Morgan fingerprint density at radius 2 is 1.47 bits per heavy atom. The van der Waals surface area contributed by atoms with Crippen molar-refractivity contribution in [3.63, 3.8) is 0 Å². The zero-order valence-corrected chi connectivity index (χ0v) is 22.1. The van der Waals surface area contributed by atoms with E-state index in [-0.39, 0.29) is 30.3 Å². The number of nitrogens with one attached hydrogen (secondary N) is 2. The summed E-state index contributed by atoms with van der Waals surface area (Å²) in [6, 6.07) is 32.8. The summed E-state index contributed by atoms with van der Waals surface area (Å²) in [7, 11) is 0. The molecule has 5 N–H and O–H groups in total. The second kappa shape index (κ2) is 13.1. The smallest absolute Gasteiger partial charge is 0.251 e. The number of aliphatic hydroxyl groups is 1. The molecule has 0 saturated heterocycles. The van der Waals surface area contributed by atoms with Gasteiger partial charge in [0.2, 0.25) is 0 Å². The Kier molecular flexibility index (Phi) is 9.35. The Balaban J connectivity index is 1.52. The van der Waals surface area contributed by atoms with Gasteiger partial charge in [-0.15, -0.1) is 12.6 Å². The fourth-order valence-electron chi connectivity index (χ4n) is 4.61. The topological polar surface area (TPSA) is 99.2 Å². The third-order valence-corrected chi connectivity index (χ3v) is 7.09. The summed E-state index contributed by atoms with van der Waals surface area (Å²) in [6.07, 6.45) is 2.01. The lowest BCUT2D eigenvalue weighted by molar-refractivity contribution is 0.0898. The van der Waals surface area contributed by atoms with Crippen molar-refractivity contribution in [1.29, 1.82) is 5.41 Å². The Labute approximate surface area is 229 Å². The maximum atomic E-state index is 13.3. The molecule has 38 heavy (non-hydrogen) atoms. The monoisotopic (exact) mass is 523 g/mol. The maximum Gasteiger partial charge on any atom is 0.251 e. The summed E-state index contributed by atoms with van der Waals surface area (Å²) in [4.78, 5) is 14.2. The number of rotatable bonds is 11. The molecule has 0 radical (unpaired) electrons. The summed E-state index contributed by atoms with van der Waals surface area (Å²) in [5, 5.41) is 21.3. The van der Waals surface area contributed by atoms with Crippen LogP contribution in [-0.2, 0) is 12.8 Å². The van der Waals surface area contributed by atoms with Crippen LogP contribution in [0.15, 0.2) is 108 Å². The van der Waals surface area contributed by atoms with Gasteiger partial charge in [0, 0.05) is 34.6 Å². The molecule has 0 aliphatic carbocycles. The molecule has 5 nitrogen and oxygen atoms in total. The van der Waals surface area contributed by atoms with Gasteiger partial charge < -0.3 is 16.2 Å². The molecule has 0 aromatic heterocycles. The van der Waals surface area contributed by atoms with Gasteiger partial charge >= 0.3 is 0 Å². The van der Waals surface area contributed by atoms with Gasteiger partial charge in [-0.05, 0) is 71.8 Å². The van der Waals surface area contributed by atoms with E-state index in [1.54, 1.807) is 6.07 Å². The number of amides is 1. The number of benzene rings is 4. The minimum Gasteiger partial charge on any atom is -0.396 e. The summed E-state index contributed by atoms with van der Waals surface area (Å²) in [6.45, 7) is -0.0793. The van der Waals surface area contributed by atoms with Crippen molar-refractivity contribution in [2.75, 3.05) is 6.61 Å². The molecule has 2 atom stereocenters. The first-order valence-electron chi connectivity index (χ1n) is 12.7. The first-order valence-corrected chi connectivity index (χ1v) is 13.2. The van der Waals surface area contributed by atoms with Crippen molar-refractivity contribution < 1.29 is 9.90 Å². The third-order valence-electron chi connectivity index (χ3n) is 6.79. The lowest BCUT2D eigenvalue weighted by Gasteiger charge is -2.27. The van der Waals surface area contributed by atoms with Crippen molar-refractivity contribution >= 4 is 24.4 Å². The minimum atomic E-state index is -0.253. The molecule has 0 spiro atoms. The molecular weight excluding hydrogens is 490 g/mol. The van der Waals surface area contributed by atoms with E-state index >= 15 is 0 Å². The van der Waals surface area contributed by atoms with E-state index in [0.717, 1.165) is 28.0 Å². The zero-order valence-electron chi connectivity index (χ0n) is 21.2. The van der Waals surface area contributed by atoms with Crippen molar-refractivity contribution in [2.45, 2.75) is 30.2 Å². The third kappa shape index (κ3) is 7.34. The molecule has 0 heterocycles. The second-order valence-corrected chi connectivity index (χ2v) is 10.0. The SMILES string of the molecule is N=C(N)c1cccc(CC(CO)C(CCc2ccccc2)NC(=O)c2ccc(-c3ccc(S)cc3)cc2)c1. The van der Waals surface area contributed by atoms with Crippen LogP contribution in [0.2, 0.25) is 0 Å². The van der Waals surface area contributed by atoms with Crippen LogP contribution in [0.1, 0.15) is 33.5 Å². The van der Waals surface area contributed by atoms with E-state index in [2.05, 4.69) is 30.1 Å². The fraction of sp³-hybridized carbons (Fsp3) is 0.188. The Morgan fingerprint density at radius 3 is 2.11 bits per heavy atom. The number of aliphatic hydroxyl groups excluding tert-OH is 1. The fourth-order valence-corrected chi connectivity index (χ4v) is 4.76. The van der Waals surface area contributed by atoms with Gasteiger partial charge in [0.05, 0.1) is 0 Å². The van der Waals surface area contributed by atoms with Gasteiger partial charge in [0.15, 0.2) is 0 Å². The summed E-state index contributed by atoms with van der Waals surface area (Å²) in [5.41, 5.74) is 11.1. The van der Waals surface area contributed by atoms with Crippen LogP contribution in [0.25, 0.3) is 11.1 Å². The Hall–Kier alpha value is -3.87. The molecular formula is C32H33N3O2S. The number of amidine groups is 1. The average molecular weight is 524 g/mol. The molecule has 194 valence electrons. The second-order valence-electron chi connectivity index (χ2n) is 9.49. The largest absolute Gasteiger partial charge is 0.396 e. The summed E-state index contributed by atoms with van der Waals surface area (Å²) < 4.78 is 0. The van der Waals surface area contributed by atoms with Crippen LogP contribution in [0.3, 0.4) is 0 Å². The predicted molar refractivity (Wildman–Crippen MR) is 157 cm³/mol. The molecule has 0 aliphatic heterocycles. The number of nitrogen functional groups attached to an aromatic ring is 1. The number of aryl methyl sites for hydroxylation is 1. The maximum absolute atomic E-state index is 13.3. The summed E-state index contributed by atoms with van der Waals surface area (Å²) >= 11 is 4.34. The van der Waals surface area contributed by atoms with Gasteiger partial charge in [-0.2, -0.15) is 0 Å². The van der Waals surface area contributed by atoms with Gasteiger partial charge in [0.25, 0.3) is 5.91 Å². The van der Waals surface area contributed by atoms with Gasteiger partial charge in [-0.1, -0.05) is 72.8 Å². The molecule has 0 bridgehead atoms. The number of nitrogens with two attached hydrogens (primary N) is 1. The van der Waals surface area contributed by atoms with E-state index in [9.17, 15) is 9.90 Å². The van der Waals surface area contributed by atoms with Crippen LogP contribution in [-0.4, -0.2) is 29.5 Å². The van der Waals surface area contributed by atoms with E-state index in [0.29, 0.717) is 24.0 Å². The van der Waals surface area contributed by atoms with E-state index in [1.807, 2.05) is 84.9 Å². The van der Waals surface area contributed by atoms with Crippen molar-refractivity contribution in [1.82, 2.24) is 5.32 Å². The molecule has 0 fully saturated rings. The van der Waals surface area contributed by atoms with Crippen LogP contribution in [0.4, 0.5) is 0 Å². The average Bonchev–Trinajstić information content (AvgIpc) is 2.95. The number of hydrogen-bond donors (Lipinski definition) is 5. The van der Waals surface area contributed by atoms with E-state index in [1.165, 1.54) is 5.56 Å². The van der Waals surface area contributed by atoms with Crippen LogP contribution >= 0.6 is 12.6 Å². The highest BCUT2D eigenvalue weighted by atomic mass is 32.1. The normalized spacial score (nSPS) is 12.5. The molecule has 0 saturated carbocycles. The highest BCUT2D eigenvalue weighted by molar-refractivity contribution is 7.80. The highest BCUT2D eigenvalue weighted by Gasteiger charge is 2.24. The first-order chi connectivity index (χ1) is 18.4. The molecule has 0 aliphatic rings. The van der Waals surface area contributed by atoms with Crippen LogP contribution in [0.5, 0.6) is 0 Å². The molecule has 1 amide bonds. The van der Waals surface area contributed by atoms with Crippen molar-refractivity contribution in [2.24, 2.45) is 11.7 Å². The van der Waals surface area contributed by atoms with Crippen LogP contribution in [0, 0.1) is 11.3 Å². The minimum absolute atomic E-state index is 0.00587. The lowest BCUT2D eigenvalue weighted by Crippen LogP contribution is -2.43. The number of thiol groups is 1. The zero-order chi connectivity index (χ0) is 26.9. The highest BCUT2D eigenvalue weighted by Crippen LogP contribution is 2.23. The lowest BCUT2D eigenvalue weighted by atomic mass is 9.88. The predicted octanol–water partition coefficient (Wildman–Crippen LogP) is 5.51. The molecule has 4 aromatic rings. The Morgan fingerprint density at radius 1 is 0.842 bits per heavy atom. The standard InChI is InChI=1S/C32H33N3O2S/c33-31(34)27-8-4-7-23(19-27)20-28(21-36)30(18-9-22-5-2-1-3-6-22)35-32(37)26-12-10-24(11-13-26)25-14-16-29(38)17-15-25/h1-8,10-17,19,28,30,36,38H,9,18,20-21H2,(H3,33,34)(H,35,37). The van der Waals surface area contributed by atoms with E-state index in [4.69, 9.17) is 11.1 Å². The van der Waals surface area contributed by atoms with E-state index < -0.39 is 0 Å². The number of carbonyl (C=O) groups excluding carboxylic acids is 1. The van der Waals surface area contributed by atoms with Gasteiger partial charge in [-0.25, -0.2) is 0 Å². The molecule has 4 rings (SSSR count). The quantitative estimate of drug-likeness (QED) is 0.102. The van der Waals surface area contributed by atoms with Crippen molar-refractivity contribution in [3.05, 3.63) is 125 Å². The van der Waals surface area contributed by atoms with Crippen LogP contribution < -0.4 is 11.1 Å².